The minimum atomic E-state index is -2.61. The fraction of sp³-hybridized carbons (Fsp3) is 0.269. The summed E-state index contributed by atoms with van der Waals surface area (Å²) in [5.41, 5.74) is 2.32. The van der Waals surface area contributed by atoms with E-state index in [-0.39, 0.29) is 24.5 Å². The number of fused-ring (bicyclic) bond motifs is 2. The third-order valence-corrected chi connectivity index (χ3v) is 8.10. The molecule has 0 saturated carbocycles. The molecule has 6 rings (SSSR count). The summed E-state index contributed by atoms with van der Waals surface area (Å²) in [6.07, 6.45) is -0.202. The summed E-state index contributed by atoms with van der Waals surface area (Å²) in [5, 5.41) is 9.91. The number of H-pyrrole nitrogens is 1. The summed E-state index contributed by atoms with van der Waals surface area (Å²) in [5.74, 6) is -0.0725. The van der Waals surface area contributed by atoms with Crippen LogP contribution in [0.4, 0.5) is 10.1 Å². The molecular weight excluding hydrogens is 485 g/mol. The van der Waals surface area contributed by atoms with Gasteiger partial charge < -0.3 is 24.3 Å². The second-order valence-electron chi connectivity index (χ2n) is 8.96. The van der Waals surface area contributed by atoms with Gasteiger partial charge in [-0.05, 0) is 24.3 Å². The van der Waals surface area contributed by atoms with Crippen molar-refractivity contribution in [2.45, 2.75) is 29.3 Å². The average molecular weight is 510 g/mol. The molecule has 0 bridgehead atoms. The molecular formula is C26H24FN3O5S. The van der Waals surface area contributed by atoms with Gasteiger partial charge in [0.15, 0.2) is 17.8 Å². The number of aromatic amines is 1. The maximum Gasteiger partial charge on any atom is 0.193 e. The van der Waals surface area contributed by atoms with Crippen molar-refractivity contribution < 1.29 is 27.9 Å². The number of aliphatic hydroxyl groups excluding tert-OH is 1. The molecule has 2 fully saturated rings. The van der Waals surface area contributed by atoms with E-state index < -0.39 is 27.8 Å². The van der Waals surface area contributed by atoms with Gasteiger partial charge in [0, 0.05) is 28.8 Å². The molecule has 4 heterocycles. The SMILES string of the molecule is CS(=O)(=Nc1ccc(-c2nc3cc(O[C@@H]4CO[C@H]5[C@@H]4OC[C@H]5O)[nH]c3cc2F)cc1)c1ccccc1. The number of rotatable bonds is 5. The standard InChI is InChI=1S/C26H24FN3O5S/c1-36(32,17-5-3-2-4-6-17)30-16-9-7-15(8-10-16)24-18(27)11-19-20(29-24)12-23(28-19)35-22-14-34-25-21(31)13-33-26(22)25/h2-12,21-22,25-26,28,31H,13-14H2,1H3/t21-,22-,25-,26-,36?/m1/s1. The van der Waals surface area contributed by atoms with E-state index in [9.17, 15) is 13.7 Å². The van der Waals surface area contributed by atoms with Crippen molar-refractivity contribution in [3.8, 4) is 17.1 Å². The van der Waals surface area contributed by atoms with Crippen LogP contribution in [0, 0.1) is 5.82 Å². The smallest absolute Gasteiger partial charge is 0.193 e. The van der Waals surface area contributed by atoms with Gasteiger partial charge in [-0.15, -0.1) is 0 Å². The van der Waals surface area contributed by atoms with Crippen molar-refractivity contribution in [2.75, 3.05) is 19.5 Å². The van der Waals surface area contributed by atoms with Crippen molar-refractivity contribution in [1.29, 1.82) is 0 Å². The van der Waals surface area contributed by atoms with Crippen molar-refractivity contribution in [1.82, 2.24) is 9.97 Å². The maximum atomic E-state index is 15.0. The number of hydrogen-bond acceptors (Lipinski definition) is 7. The molecule has 2 aliphatic rings. The number of nitrogens with zero attached hydrogens (tertiary/aromatic N) is 2. The number of benzene rings is 2. The van der Waals surface area contributed by atoms with Crippen LogP contribution in [0.3, 0.4) is 0 Å². The third-order valence-electron chi connectivity index (χ3n) is 6.39. The first-order valence-electron chi connectivity index (χ1n) is 11.5. The summed E-state index contributed by atoms with van der Waals surface area (Å²) in [7, 11) is -2.61. The Labute approximate surface area is 207 Å². The van der Waals surface area contributed by atoms with Crippen LogP contribution in [0.5, 0.6) is 5.88 Å². The number of ether oxygens (including phenoxy) is 3. The molecule has 1 unspecified atom stereocenters. The monoisotopic (exact) mass is 509 g/mol. The number of aliphatic hydroxyl groups is 1. The van der Waals surface area contributed by atoms with Crippen LogP contribution in [-0.2, 0) is 19.2 Å². The first-order chi connectivity index (χ1) is 17.4. The van der Waals surface area contributed by atoms with Crippen LogP contribution >= 0.6 is 0 Å². The average Bonchev–Trinajstić information content (AvgIpc) is 3.56. The molecule has 2 N–H and O–H groups in total. The highest BCUT2D eigenvalue weighted by Crippen LogP contribution is 2.32. The molecule has 2 aromatic heterocycles. The topological polar surface area (TPSA) is 106 Å². The van der Waals surface area contributed by atoms with E-state index >= 15 is 0 Å². The van der Waals surface area contributed by atoms with Crippen LogP contribution in [0.1, 0.15) is 0 Å². The maximum absolute atomic E-state index is 15.0. The number of aromatic nitrogens is 2. The molecule has 2 aromatic carbocycles. The lowest BCUT2D eigenvalue weighted by Gasteiger charge is -2.16. The second kappa shape index (κ2) is 8.97. The minimum Gasteiger partial charge on any atom is -0.470 e. The van der Waals surface area contributed by atoms with Crippen LogP contribution in [-0.4, -0.2) is 63.2 Å². The lowest BCUT2D eigenvalue weighted by atomic mass is 10.1. The number of hydrogen-bond donors (Lipinski definition) is 2. The van der Waals surface area contributed by atoms with Gasteiger partial charge >= 0.3 is 0 Å². The van der Waals surface area contributed by atoms with Gasteiger partial charge in [0.2, 0.25) is 0 Å². The van der Waals surface area contributed by atoms with Crippen LogP contribution < -0.4 is 4.74 Å². The summed E-state index contributed by atoms with van der Waals surface area (Å²) in [4.78, 5) is 8.18. The molecule has 36 heavy (non-hydrogen) atoms. The van der Waals surface area contributed by atoms with Crippen LogP contribution in [0.2, 0.25) is 0 Å². The number of pyridine rings is 1. The first-order valence-corrected chi connectivity index (χ1v) is 13.4. The molecule has 2 aliphatic heterocycles. The molecule has 0 spiro atoms. The summed E-state index contributed by atoms with van der Waals surface area (Å²) >= 11 is 0. The highest BCUT2D eigenvalue weighted by molar-refractivity contribution is 7.93. The number of halogens is 1. The Morgan fingerprint density at radius 1 is 1.08 bits per heavy atom. The zero-order valence-electron chi connectivity index (χ0n) is 19.3. The number of nitrogens with one attached hydrogen (secondary N) is 1. The Balaban J connectivity index is 1.24. The summed E-state index contributed by atoms with van der Waals surface area (Å²) in [6, 6.07) is 19.0. The molecule has 0 amide bonds. The minimum absolute atomic E-state index is 0.186. The molecule has 4 aromatic rings. The van der Waals surface area contributed by atoms with E-state index in [1.165, 1.54) is 6.07 Å². The molecule has 0 radical (unpaired) electrons. The molecule has 2 saturated heterocycles. The lowest BCUT2D eigenvalue weighted by molar-refractivity contribution is 0.00794. The normalized spacial score (nSPS) is 25.0. The fourth-order valence-electron chi connectivity index (χ4n) is 4.59. The Hall–Kier alpha value is -3.31. The summed E-state index contributed by atoms with van der Waals surface area (Å²) in [6.45, 7) is 0.506. The fourth-order valence-corrected chi connectivity index (χ4v) is 5.88. The third kappa shape index (κ3) is 4.26. The zero-order valence-corrected chi connectivity index (χ0v) is 20.2. The van der Waals surface area contributed by atoms with Crippen molar-refractivity contribution in [2.24, 2.45) is 4.36 Å². The van der Waals surface area contributed by atoms with Gasteiger partial charge in [0.25, 0.3) is 0 Å². The zero-order chi connectivity index (χ0) is 24.9. The largest absolute Gasteiger partial charge is 0.470 e. The highest BCUT2D eigenvalue weighted by Gasteiger charge is 2.48. The van der Waals surface area contributed by atoms with Gasteiger partial charge in [-0.25, -0.2) is 13.6 Å². The Kier molecular flexibility index (Phi) is 5.76. The Bertz CT molecular complexity index is 1530. The van der Waals surface area contributed by atoms with Crippen molar-refractivity contribution in [3.05, 3.63) is 72.5 Å². The lowest BCUT2D eigenvalue weighted by Crippen LogP contribution is -2.34. The van der Waals surface area contributed by atoms with E-state index in [1.54, 1.807) is 48.7 Å². The van der Waals surface area contributed by atoms with E-state index in [0.717, 1.165) is 0 Å². The second-order valence-corrected chi connectivity index (χ2v) is 11.2. The predicted octanol–water partition coefficient (Wildman–Crippen LogP) is 4.06. The molecule has 0 aliphatic carbocycles. The molecule has 5 atom stereocenters. The Morgan fingerprint density at radius 2 is 1.83 bits per heavy atom. The quantitative estimate of drug-likeness (QED) is 0.420. The van der Waals surface area contributed by atoms with Gasteiger partial charge in [0.05, 0.1) is 39.7 Å². The van der Waals surface area contributed by atoms with E-state index in [2.05, 4.69) is 14.3 Å². The molecule has 8 nitrogen and oxygen atoms in total. The van der Waals surface area contributed by atoms with E-state index in [0.29, 0.717) is 39.7 Å². The van der Waals surface area contributed by atoms with E-state index in [1.807, 2.05) is 18.2 Å². The van der Waals surface area contributed by atoms with Gasteiger partial charge in [-0.2, -0.15) is 4.36 Å². The molecule has 10 heteroatoms. The van der Waals surface area contributed by atoms with Crippen LogP contribution in [0.15, 0.2) is 76.0 Å². The van der Waals surface area contributed by atoms with Crippen molar-refractivity contribution >= 4 is 26.4 Å². The van der Waals surface area contributed by atoms with Crippen LogP contribution in [0.25, 0.3) is 22.3 Å². The highest BCUT2D eigenvalue weighted by atomic mass is 32.2. The predicted molar refractivity (Wildman–Crippen MR) is 132 cm³/mol. The van der Waals surface area contributed by atoms with Gasteiger partial charge in [-0.1, -0.05) is 30.3 Å². The van der Waals surface area contributed by atoms with E-state index in [4.69, 9.17) is 14.2 Å². The first kappa shape index (κ1) is 23.1. The van der Waals surface area contributed by atoms with Gasteiger partial charge in [-0.3, -0.25) is 0 Å². The summed E-state index contributed by atoms with van der Waals surface area (Å²) < 4.78 is 49.6. The van der Waals surface area contributed by atoms with Gasteiger partial charge in [0.1, 0.15) is 24.0 Å². The Morgan fingerprint density at radius 3 is 2.61 bits per heavy atom. The molecule has 186 valence electrons. The van der Waals surface area contributed by atoms with Crippen molar-refractivity contribution in [3.63, 3.8) is 0 Å².